The summed E-state index contributed by atoms with van der Waals surface area (Å²) in [5, 5.41) is 0. The summed E-state index contributed by atoms with van der Waals surface area (Å²) in [7, 11) is 4.22. The summed E-state index contributed by atoms with van der Waals surface area (Å²) in [5.74, 6) is 0.493. The molecular formula is C11H23NO2. The van der Waals surface area contributed by atoms with Crippen molar-refractivity contribution in [3.8, 4) is 0 Å². The van der Waals surface area contributed by atoms with Gasteiger partial charge in [0, 0.05) is 32.6 Å². The minimum absolute atomic E-state index is 0.246. The Kier molecular flexibility index (Phi) is 4.35. The predicted octanol–water partition coefficient (Wildman–Crippen LogP) is 1.73. The van der Waals surface area contributed by atoms with Crippen molar-refractivity contribution in [1.29, 1.82) is 0 Å². The number of hydrogen-bond acceptors (Lipinski definition) is 3. The Bertz CT molecular complexity index is 157. The lowest BCUT2D eigenvalue weighted by molar-refractivity contribution is -0.292. The van der Waals surface area contributed by atoms with Crippen LogP contribution in [-0.2, 0) is 9.47 Å². The zero-order valence-electron chi connectivity index (χ0n) is 9.88. The number of rotatable bonds is 6. The van der Waals surface area contributed by atoms with Crippen LogP contribution in [0.4, 0.5) is 0 Å². The van der Waals surface area contributed by atoms with Crippen LogP contribution in [0.3, 0.4) is 0 Å². The highest BCUT2D eigenvalue weighted by Gasteiger charge is 2.45. The third-order valence-electron chi connectivity index (χ3n) is 2.64. The summed E-state index contributed by atoms with van der Waals surface area (Å²) in [5.41, 5.74) is 0. The normalized spacial score (nSPS) is 21.2. The molecule has 0 unspecified atom stereocenters. The highest BCUT2D eigenvalue weighted by molar-refractivity contribution is 4.89. The molecule has 0 aromatic rings. The summed E-state index contributed by atoms with van der Waals surface area (Å²) in [6.45, 7) is 6.69. The first kappa shape index (κ1) is 12.0. The minimum Gasteiger partial charge on any atom is -0.350 e. The molecule has 1 aliphatic carbocycles. The van der Waals surface area contributed by atoms with Gasteiger partial charge >= 0.3 is 0 Å². The second kappa shape index (κ2) is 5.10. The van der Waals surface area contributed by atoms with Crippen molar-refractivity contribution in [3.63, 3.8) is 0 Å². The van der Waals surface area contributed by atoms with Crippen LogP contribution in [0, 0.1) is 5.92 Å². The summed E-state index contributed by atoms with van der Waals surface area (Å²) >= 11 is 0. The number of hydrogen-bond donors (Lipinski definition) is 0. The van der Waals surface area contributed by atoms with Gasteiger partial charge in [-0.15, -0.1) is 0 Å². The maximum absolute atomic E-state index is 5.68. The van der Waals surface area contributed by atoms with E-state index in [0.717, 1.165) is 38.5 Å². The van der Waals surface area contributed by atoms with Crippen LogP contribution in [0.1, 0.15) is 26.7 Å². The van der Waals surface area contributed by atoms with Crippen LogP contribution in [0.15, 0.2) is 0 Å². The summed E-state index contributed by atoms with van der Waals surface area (Å²) in [6, 6.07) is 0. The second-order valence-electron chi connectivity index (χ2n) is 4.31. The fourth-order valence-electron chi connectivity index (χ4n) is 2.27. The lowest BCUT2D eigenvalue weighted by Gasteiger charge is -2.47. The molecule has 0 spiro atoms. The molecule has 84 valence electrons. The first-order valence-electron chi connectivity index (χ1n) is 5.54. The van der Waals surface area contributed by atoms with E-state index in [1.165, 1.54) is 0 Å². The Morgan fingerprint density at radius 2 is 1.64 bits per heavy atom. The lowest BCUT2D eigenvalue weighted by atomic mass is 9.78. The Morgan fingerprint density at radius 1 is 1.14 bits per heavy atom. The molecule has 0 aliphatic heterocycles. The van der Waals surface area contributed by atoms with E-state index < -0.39 is 0 Å². The summed E-state index contributed by atoms with van der Waals surface area (Å²) < 4.78 is 11.4. The van der Waals surface area contributed by atoms with Crippen molar-refractivity contribution in [2.24, 2.45) is 5.92 Å². The molecule has 0 heterocycles. The van der Waals surface area contributed by atoms with Crippen LogP contribution in [0.25, 0.3) is 0 Å². The van der Waals surface area contributed by atoms with Crippen LogP contribution in [-0.4, -0.2) is 44.5 Å². The van der Waals surface area contributed by atoms with Gasteiger partial charge in [0.15, 0.2) is 5.79 Å². The first-order valence-corrected chi connectivity index (χ1v) is 5.54. The molecule has 0 saturated heterocycles. The van der Waals surface area contributed by atoms with Gasteiger partial charge in [-0.25, -0.2) is 0 Å². The van der Waals surface area contributed by atoms with E-state index in [2.05, 4.69) is 19.0 Å². The number of ether oxygens (including phenoxy) is 2. The molecule has 1 rings (SSSR count). The smallest absolute Gasteiger partial charge is 0.168 e. The van der Waals surface area contributed by atoms with Gasteiger partial charge in [0.05, 0.1) is 0 Å². The van der Waals surface area contributed by atoms with E-state index in [1.807, 2.05) is 13.8 Å². The maximum Gasteiger partial charge on any atom is 0.168 e. The summed E-state index contributed by atoms with van der Waals surface area (Å²) in [4.78, 5) is 2.23. The molecule has 14 heavy (non-hydrogen) atoms. The van der Waals surface area contributed by atoms with Gasteiger partial charge in [-0.3, -0.25) is 0 Å². The van der Waals surface area contributed by atoms with Crippen LogP contribution >= 0.6 is 0 Å². The highest BCUT2D eigenvalue weighted by atomic mass is 16.7. The average Bonchev–Trinajstić information content (AvgIpc) is 2.01. The maximum atomic E-state index is 5.68. The average molecular weight is 201 g/mol. The van der Waals surface area contributed by atoms with E-state index in [0.29, 0.717) is 0 Å². The SMILES string of the molecule is CCOC1(OCC)CC(CN(C)C)C1. The zero-order chi connectivity index (χ0) is 10.6. The Hall–Kier alpha value is -0.120. The van der Waals surface area contributed by atoms with E-state index in [1.54, 1.807) is 0 Å². The molecule has 3 heteroatoms. The molecular weight excluding hydrogens is 178 g/mol. The van der Waals surface area contributed by atoms with Crippen LogP contribution in [0.2, 0.25) is 0 Å². The molecule has 0 radical (unpaired) electrons. The predicted molar refractivity (Wildman–Crippen MR) is 57.3 cm³/mol. The molecule has 0 aromatic carbocycles. The van der Waals surface area contributed by atoms with Gasteiger partial charge in [0.2, 0.25) is 0 Å². The van der Waals surface area contributed by atoms with E-state index in [4.69, 9.17) is 9.47 Å². The van der Waals surface area contributed by atoms with Gasteiger partial charge in [-0.1, -0.05) is 0 Å². The molecule has 1 aliphatic rings. The van der Waals surface area contributed by atoms with Crippen molar-refractivity contribution in [2.45, 2.75) is 32.5 Å². The first-order chi connectivity index (χ1) is 6.62. The van der Waals surface area contributed by atoms with Crippen molar-refractivity contribution >= 4 is 0 Å². The van der Waals surface area contributed by atoms with Gasteiger partial charge in [-0.05, 0) is 33.9 Å². The van der Waals surface area contributed by atoms with E-state index in [9.17, 15) is 0 Å². The van der Waals surface area contributed by atoms with Gasteiger partial charge in [0.25, 0.3) is 0 Å². The second-order valence-corrected chi connectivity index (χ2v) is 4.31. The standard InChI is InChI=1S/C11H23NO2/c1-5-13-11(14-6-2)7-10(8-11)9-12(3)4/h10H,5-9H2,1-4H3. The third-order valence-corrected chi connectivity index (χ3v) is 2.64. The van der Waals surface area contributed by atoms with E-state index in [-0.39, 0.29) is 5.79 Å². The molecule has 3 nitrogen and oxygen atoms in total. The zero-order valence-corrected chi connectivity index (χ0v) is 9.88. The quantitative estimate of drug-likeness (QED) is 0.611. The molecule has 0 bridgehead atoms. The van der Waals surface area contributed by atoms with Crippen LogP contribution in [0.5, 0.6) is 0 Å². The fraction of sp³-hybridized carbons (Fsp3) is 1.00. The highest BCUT2D eigenvalue weighted by Crippen LogP contribution is 2.42. The lowest BCUT2D eigenvalue weighted by Crippen LogP contribution is -2.51. The largest absolute Gasteiger partial charge is 0.350 e. The van der Waals surface area contributed by atoms with Gasteiger partial charge in [-0.2, -0.15) is 0 Å². The fourth-order valence-corrected chi connectivity index (χ4v) is 2.27. The van der Waals surface area contributed by atoms with Crippen molar-refractivity contribution in [1.82, 2.24) is 4.90 Å². The molecule has 0 atom stereocenters. The van der Waals surface area contributed by atoms with Crippen molar-refractivity contribution < 1.29 is 9.47 Å². The summed E-state index contributed by atoms with van der Waals surface area (Å²) in [6.07, 6.45) is 2.10. The van der Waals surface area contributed by atoms with Crippen LogP contribution < -0.4 is 0 Å². The van der Waals surface area contributed by atoms with Gasteiger partial charge < -0.3 is 14.4 Å². The molecule has 0 N–H and O–H groups in total. The van der Waals surface area contributed by atoms with Crippen molar-refractivity contribution in [2.75, 3.05) is 33.9 Å². The molecule has 1 saturated carbocycles. The van der Waals surface area contributed by atoms with Gasteiger partial charge in [0.1, 0.15) is 0 Å². The Morgan fingerprint density at radius 3 is 2.00 bits per heavy atom. The van der Waals surface area contributed by atoms with E-state index >= 15 is 0 Å². The molecule has 1 fully saturated rings. The monoisotopic (exact) mass is 201 g/mol. The molecule has 0 amide bonds. The topological polar surface area (TPSA) is 21.7 Å². The third kappa shape index (κ3) is 2.94. The Labute approximate surface area is 87.4 Å². The Balaban J connectivity index is 2.31. The van der Waals surface area contributed by atoms with Crippen molar-refractivity contribution in [3.05, 3.63) is 0 Å². The molecule has 0 aromatic heterocycles. The minimum atomic E-state index is -0.246. The number of nitrogens with zero attached hydrogens (tertiary/aromatic N) is 1.